The molecule has 1 aromatic heterocycles. The van der Waals surface area contributed by atoms with E-state index in [2.05, 4.69) is 5.32 Å². The van der Waals surface area contributed by atoms with E-state index in [1.807, 2.05) is 49.4 Å². The quantitative estimate of drug-likeness (QED) is 0.568. The van der Waals surface area contributed by atoms with Crippen molar-refractivity contribution in [2.45, 2.75) is 44.7 Å². The van der Waals surface area contributed by atoms with Crippen LogP contribution in [-0.4, -0.2) is 25.0 Å². The molecule has 1 aliphatic rings. The zero-order valence-electron chi connectivity index (χ0n) is 18.4. The van der Waals surface area contributed by atoms with Crippen molar-refractivity contribution in [3.63, 3.8) is 0 Å². The largest absolute Gasteiger partial charge is 0.497 e. The van der Waals surface area contributed by atoms with Gasteiger partial charge >= 0.3 is 0 Å². The molecule has 1 N–H and O–H groups in total. The van der Waals surface area contributed by atoms with Gasteiger partial charge in [-0.05, 0) is 61.7 Å². The molecule has 1 heterocycles. The zero-order chi connectivity index (χ0) is 22.5. The minimum atomic E-state index is -0.883. The highest BCUT2D eigenvalue weighted by atomic mass is 16.5. The van der Waals surface area contributed by atoms with E-state index < -0.39 is 6.04 Å². The van der Waals surface area contributed by atoms with Gasteiger partial charge in [-0.1, -0.05) is 42.7 Å². The second kappa shape index (κ2) is 9.73. The zero-order valence-corrected chi connectivity index (χ0v) is 18.4. The van der Waals surface area contributed by atoms with Gasteiger partial charge in [0.1, 0.15) is 11.8 Å². The number of carbonyl (C=O) groups is 2. The maximum atomic E-state index is 13.7. The Morgan fingerprint density at radius 1 is 1.06 bits per heavy atom. The van der Waals surface area contributed by atoms with Crippen molar-refractivity contribution in [3.8, 4) is 5.75 Å². The standard InChI is InChI=1S/C26H28N2O4/c1-18-12-14-21(15-13-18)28(26(30)23-11-6-16-32-23)24(19-7-5-10-22(17-19)31-2)25(29)27-20-8-3-4-9-20/h5-7,10-17,20,24H,3-4,8-9H2,1-2H3,(H,27,29)/t24-/m0/s1. The smallest absolute Gasteiger partial charge is 0.294 e. The first-order chi connectivity index (χ1) is 15.6. The first kappa shape index (κ1) is 21.7. The fourth-order valence-electron chi connectivity index (χ4n) is 4.19. The second-order valence-electron chi connectivity index (χ2n) is 8.16. The van der Waals surface area contributed by atoms with E-state index in [1.54, 1.807) is 25.3 Å². The maximum Gasteiger partial charge on any atom is 0.294 e. The normalized spacial score (nSPS) is 14.7. The van der Waals surface area contributed by atoms with Crippen LogP contribution in [0.4, 0.5) is 5.69 Å². The number of furan rings is 1. The number of hydrogen-bond acceptors (Lipinski definition) is 4. The minimum Gasteiger partial charge on any atom is -0.497 e. The summed E-state index contributed by atoms with van der Waals surface area (Å²) in [5, 5.41) is 3.17. The third kappa shape index (κ3) is 4.69. The number of benzene rings is 2. The van der Waals surface area contributed by atoms with Crippen LogP contribution in [0.3, 0.4) is 0 Å². The van der Waals surface area contributed by atoms with Crippen molar-refractivity contribution in [2.75, 3.05) is 12.0 Å². The van der Waals surface area contributed by atoms with Gasteiger partial charge in [-0.3, -0.25) is 14.5 Å². The molecule has 1 fully saturated rings. The predicted molar refractivity (Wildman–Crippen MR) is 123 cm³/mol. The van der Waals surface area contributed by atoms with E-state index in [-0.39, 0.29) is 23.6 Å². The van der Waals surface area contributed by atoms with Crippen molar-refractivity contribution < 1.29 is 18.7 Å². The van der Waals surface area contributed by atoms with Gasteiger partial charge < -0.3 is 14.5 Å². The number of amides is 2. The summed E-state index contributed by atoms with van der Waals surface area (Å²) in [6.45, 7) is 1.98. The number of aryl methyl sites for hydroxylation is 1. The lowest BCUT2D eigenvalue weighted by molar-refractivity contribution is -0.123. The van der Waals surface area contributed by atoms with Gasteiger partial charge in [0.2, 0.25) is 5.91 Å². The Kier molecular flexibility index (Phi) is 6.59. The third-order valence-electron chi connectivity index (χ3n) is 5.88. The molecule has 3 aromatic rings. The highest BCUT2D eigenvalue weighted by Crippen LogP contribution is 2.32. The Hall–Kier alpha value is -3.54. The van der Waals surface area contributed by atoms with Gasteiger partial charge in [-0.2, -0.15) is 0 Å². The molecule has 0 radical (unpaired) electrons. The topological polar surface area (TPSA) is 71.8 Å². The summed E-state index contributed by atoms with van der Waals surface area (Å²) >= 11 is 0. The number of ether oxygens (including phenoxy) is 1. The number of nitrogens with one attached hydrogen (secondary N) is 1. The summed E-state index contributed by atoms with van der Waals surface area (Å²) in [7, 11) is 1.58. The van der Waals surface area contributed by atoms with Gasteiger partial charge in [-0.15, -0.1) is 0 Å². The molecule has 0 unspecified atom stereocenters. The van der Waals surface area contributed by atoms with Crippen molar-refractivity contribution >= 4 is 17.5 Å². The summed E-state index contributed by atoms with van der Waals surface area (Å²) in [5.74, 6) is 0.196. The van der Waals surface area contributed by atoms with Crippen LogP contribution in [0.15, 0.2) is 71.3 Å². The van der Waals surface area contributed by atoms with E-state index in [4.69, 9.17) is 9.15 Å². The molecule has 0 aliphatic heterocycles. The molecule has 4 rings (SSSR count). The van der Waals surface area contributed by atoms with Crippen LogP contribution in [0.25, 0.3) is 0 Å². The fourth-order valence-corrected chi connectivity index (χ4v) is 4.19. The Morgan fingerprint density at radius 3 is 2.47 bits per heavy atom. The van der Waals surface area contributed by atoms with Gasteiger partial charge in [0, 0.05) is 11.7 Å². The van der Waals surface area contributed by atoms with Crippen LogP contribution in [0.1, 0.15) is 53.4 Å². The highest BCUT2D eigenvalue weighted by Gasteiger charge is 2.36. The Balaban J connectivity index is 1.81. The second-order valence-corrected chi connectivity index (χ2v) is 8.16. The summed E-state index contributed by atoms with van der Waals surface area (Å²) in [6.07, 6.45) is 5.56. The van der Waals surface area contributed by atoms with Crippen molar-refractivity contribution in [1.29, 1.82) is 0 Å². The molecule has 6 heteroatoms. The number of carbonyl (C=O) groups excluding carboxylic acids is 2. The van der Waals surface area contributed by atoms with Crippen LogP contribution >= 0.6 is 0 Å². The molecule has 1 aliphatic carbocycles. The van der Waals surface area contributed by atoms with Crippen molar-refractivity contribution in [1.82, 2.24) is 5.32 Å². The lowest BCUT2D eigenvalue weighted by Gasteiger charge is -2.32. The van der Waals surface area contributed by atoms with E-state index in [0.717, 1.165) is 31.2 Å². The molecule has 6 nitrogen and oxygen atoms in total. The number of rotatable bonds is 7. The average molecular weight is 433 g/mol. The van der Waals surface area contributed by atoms with Gasteiger partial charge in [0.25, 0.3) is 5.91 Å². The van der Waals surface area contributed by atoms with E-state index >= 15 is 0 Å². The summed E-state index contributed by atoms with van der Waals surface area (Å²) in [5.41, 5.74) is 2.35. The molecule has 1 atom stereocenters. The number of methoxy groups -OCH3 is 1. The predicted octanol–water partition coefficient (Wildman–Crippen LogP) is 5.04. The van der Waals surface area contributed by atoms with Crippen LogP contribution < -0.4 is 15.0 Å². The molecular formula is C26H28N2O4. The Morgan fingerprint density at radius 2 is 1.81 bits per heavy atom. The first-order valence-electron chi connectivity index (χ1n) is 10.9. The lowest BCUT2D eigenvalue weighted by atomic mass is 10.0. The minimum absolute atomic E-state index is 0.120. The molecule has 32 heavy (non-hydrogen) atoms. The molecule has 0 bridgehead atoms. The van der Waals surface area contributed by atoms with Crippen molar-refractivity contribution in [3.05, 3.63) is 83.8 Å². The maximum absolute atomic E-state index is 13.7. The number of hydrogen-bond donors (Lipinski definition) is 1. The van der Waals surface area contributed by atoms with Crippen LogP contribution in [0.2, 0.25) is 0 Å². The molecule has 1 saturated carbocycles. The van der Waals surface area contributed by atoms with E-state index in [9.17, 15) is 9.59 Å². The SMILES string of the molecule is COc1cccc([C@@H](C(=O)NC2CCCC2)N(C(=O)c2ccco2)c2ccc(C)cc2)c1. The first-order valence-corrected chi connectivity index (χ1v) is 10.9. The van der Waals surface area contributed by atoms with Crippen LogP contribution in [0, 0.1) is 6.92 Å². The van der Waals surface area contributed by atoms with Gasteiger partial charge in [0.05, 0.1) is 13.4 Å². The van der Waals surface area contributed by atoms with Gasteiger partial charge in [-0.25, -0.2) is 0 Å². The molecule has 2 aromatic carbocycles. The van der Waals surface area contributed by atoms with Crippen LogP contribution in [0.5, 0.6) is 5.75 Å². The molecular weight excluding hydrogens is 404 g/mol. The summed E-state index contributed by atoms with van der Waals surface area (Å²) < 4.78 is 10.8. The molecule has 166 valence electrons. The summed E-state index contributed by atoms with van der Waals surface area (Å²) in [4.78, 5) is 28.8. The van der Waals surface area contributed by atoms with E-state index in [1.165, 1.54) is 11.2 Å². The third-order valence-corrected chi connectivity index (χ3v) is 5.88. The summed E-state index contributed by atoms with van der Waals surface area (Å²) in [6, 6.07) is 17.4. The van der Waals surface area contributed by atoms with E-state index in [0.29, 0.717) is 17.0 Å². The number of nitrogens with zero attached hydrogens (tertiary/aromatic N) is 1. The Bertz CT molecular complexity index is 1050. The lowest BCUT2D eigenvalue weighted by Crippen LogP contribution is -2.46. The number of anilines is 1. The monoisotopic (exact) mass is 432 g/mol. The van der Waals surface area contributed by atoms with Crippen LogP contribution in [-0.2, 0) is 4.79 Å². The molecule has 2 amide bonds. The fraction of sp³-hybridized carbons (Fsp3) is 0.308. The average Bonchev–Trinajstić information content (AvgIpc) is 3.52. The van der Waals surface area contributed by atoms with Crippen molar-refractivity contribution in [2.24, 2.45) is 0 Å². The molecule has 0 spiro atoms. The highest BCUT2D eigenvalue weighted by molar-refractivity contribution is 6.08. The Labute approximate surface area is 188 Å². The molecule has 0 saturated heterocycles. The van der Waals surface area contributed by atoms with Gasteiger partial charge in [0.15, 0.2) is 5.76 Å².